The fourth-order valence-corrected chi connectivity index (χ4v) is 4.16. The van der Waals surface area contributed by atoms with Crippen LogP contribution in [0.5, 0.6) is 0 Å². The molecule has 3 rings (SSSR count). The summed E-state index contributed by atoms with van der Waals surface area (Å²) in [5, 5.41) is 23.9. The van der Waals surface area contributed by atoms with E-state index in [1.807, 2.05) is 60.7 Å². The van der Waals surface area contributed by atoms with Gasteiger partial charge in [0.25, 0.3) is 5.91 Å². The number of carboxylic acids is 1. The molecule has 0 saturated heterocycles. The average Bonchev–Trinajstić information content (AvgIpc) is 3.42. The zero-order chi connectivity index (χ0) is 30.5. The highest BCUT2D eigenvalue weighted by atomic mass is 32.1. The summed E-state index contributed by atoms with van der Waals surface area (Å²) in [7, 11) is 0. The number of anilines is 2. The lowest BCUT2D eigenvalue weighted by molar-refractivity contribution is -0.159. The van der Waals surface area contributed by atoms with E-state index >= 15 is 0 Å². The molecule has 13 nitrogen and oxygen atoms in total. The van der Waals surface area contributed by atoms with Crippen molar-refractivity contribution in [2.75, 3.05) is 23.7 Å². The van der Waals surface area contributed by atoms with Crippen molar-refractivity contribution in [3.63, 3.8) is 0 Å². The van der Waals surface area contributed by atoms with Gasteiger partial charge in [0, 0.05) is 17.6 Å². The van der Waals surface area contributed by atoms with Crippen molar-refractivity contribution in [2.24, 2.45) is 0 Å². The molecule has 0 aliphatic heterocycles. The lowest BCUT2D eigenvalue weighted by Gasteiger charge is -2.26. The zero-order valence-corrected chi connectivity index (χ0v) is 23.8. The van der Waals surface area contributed by atoms with Crippen molar-refractivity contribution in [3.05, 3.63) is 77.3 Å². The summed E-state index contributed by atoms with van der Waals surface area (Å²) in [5.74, 6) is -3.80. The summed E-state index contributed by atoms with van der Waals surface area (Å²) in [6, 6.07) is 16.5. The maximum Gasteiger partial charge on any atom is 0.326 e. The Morgan fingerprint density at radius 3 is 2.31 bits per heavy atom. The largest absolute Gasteiger partial charge is 0.480 e. The number of urea groups is 1. The lowest BCUT2D eigenvalue weighted by Crippen LogP contribution is -2.47. The van der Waals surface area contributed by atoms with Gasteiger partial charge in [-0.3, -0.25) is 19.7 Å². The number of thiazole rings is 1. The van der Waals surface area contributed by atoms with E-state index in [1.165, 1.54) is 5.38 Å². The average molecular weight is 597 g/mol. The van der Waals surface area contributed by atoms with E-state index in [9.17, 15) is 29.1 Å². The number of benzene rings is 2. The number of carboxylic acid groups (broad SMARTS) is 1. The van der Waals surface area contributed by atoms with Gasteiger partial charge in [-0.05, 0) is 31.5 Å². The van der Waals surface area contributed by atoms with E-state index in [2.05, 4.69) is 31.6 Å². The van der Waals surface area contributed by atoms with Gasteiger partial charge in [-0.2, -0.15) is 0 Å². The molecule has 1 atom stereocenters. The molecule has 0 radical (unpaired) electrons. The molecule has 0 spiro atoms. The number of nitrogens with zero attached hydrogens (tertiary/aromatic N) is 1. The van der Waals surface area contributed by atoms with Crippen molar-refractivity contribution in [3.8, 4) is 0 Å². The lowest BCUT2D eigenvalue weighted by atomic mass is 10.1. The highest BCUT2D eigenvalue weighted by molar-refractivity contribution is 7.14. The van der Waals surface area contributed by atoms with Gasteiger partial charge in [0.2, 0.25) is 5.91 Å². The van der Waals surface area contributed by atoms with Gasteiger partial charge in [0.15, 0.2) is 5.13 Å². The topological polar surface area (TPSA) is 188 Å². The van der Waals surface area contributed by atoms with Crippen LogP contribution >= 0.6 is 11.3 Å². The van der Waals surface area contributed by atoms with E-state index in [0.29, 0.717) is 6.54 Å². The molecule has 4 amide bonds. The number of aromatic nitrogens is 1. The molecule has 0 bridgehead atoms. The molecule has 1 heterocycles. The van der Waals surface area contributed by atoms with E-state index in [4.69, 9.17) is 4.74 Å². The van der Waals surface area contributed by atoms with Crippen molar-refractivity contribution in [1.82, 2.24) is 20.9 Å². The molecular weight excluding hydrogens is 564 g/mol. The van der Waals surface area contributed by atoms with Crippen LogP contribution in [0.3, 0.4) is 0 Å². The van der Waals surface area contributed by atoms with Gasteiger partial charge >= 0.3 is 18.0 Å². The third kappa shape index (κ3) is 10.9. The maximum absolute atomic E-state index is 12.4. The number of para-hydroxylation sites is 1. The number of amides is 4. The molecule has 6 N–H and O–H groups in total. The number of rotatable bonds is 14. The molecule has 0 fully saturated rings. The highest BCUT2D eigenvalue weighted by Crippen LogP contribution is 2.16. The minimum absolute atomic E-state index is 0.0455. The number of hydrogen-bond acceptors (Lipinski definition) is 9. The van der Waals surface area contributed by atoms with Gasteiger partial charge in [-0.15, -0.1) is 11.3 Å². The quantitative estimate of drug-likeness (QED) is 0.152. The van der Waals surface area contributed by atoms with Crippen molar-refractivity contribution in [1.29, 1.82) is 0 Å². The molecule has 222 valence electrons. The Balaban J connectivity index is 1.41. The second kappa shape index (κ2) is 15.1. The molecule has 0 aliphatic carbocycles. The predicted octanol–water partition coefficient (Wildman–Crippen LogP) is 2.59. The Hall–Kier alpha value is -4.98. The molecule has 1 aromatic heterocycles. The van der Waals surface area contributed by atoms with Crippen LogP contribution in [0.4, 0.5) is 15.6 Å². The standard InChI is InChI=1S/C28H32N6O7S/c1-28(2,17-31-19-11-7-4-8-12-19)41-23(36)13-20(25(38)39)32-22(35)15-29-24(37)21-16-42-27(33-21)34-26(40)30-14-18-9-5-3-6-10-18/h3-12,16,20,31H,13-15,17H2,1-2H3,(H,29,37)(H,32,35)(H,38,39)(H2,30,33,34,40)/t20-/m0/s1. The first-order chi connectivity index (χ1) is 20.0. The third-order valence-electron chi connectivity index (χ3n) is 5.55. The number of carbonyl (C=O) groups is 5. The third-order valence-corrected chi connectivity index (χ3v) is 6.31. The van der Waals surface area contributed by atoms with Gasteiger partial charge in [0.1, 0.15) is 17.3 Å². The summed E-state index contributed by atoms with van der Waals surface area (Å²) in [4.78, 5) is 64.9. The fourth-order valence-electron chi connectivity index (χ4n) is 3.48. The number of nitrogens with one attached hydrogen (secondary N) is 5. The van der Waals surface area contributed by atoms with Crippen LogP contribution in [0.1, 0.15) is 36.3 Å². The van der Waals surface area contributed by atoms with Crippen LogP contribution in [-0.2, 0) is 25.7 Å². The Morgan fingerprint density at radius 2 is 1.64 bits per heavy atom. The summed E-state index contributed by atoms with van der Waals surface area (Å²) in [5.41, 5.74) is 0.731. The highest BCUT2D eigenvalue weighted by Gasteiger charge is 2.29. The van der Waals surface area contributed by atoms with E-state index in [-0.39, 0.29) is 17.4 Å². The zero-order valence-electron chi connectivity index (χ0n) is 23.0. The fraction of sp³-hybridized carbons (Fsp3) is 0.286. The van der Waals surface area contributed by atoms with Crippen LogP contribution in [-0.4, -0.2) is 64.6 Å². The number of ether oxygens (including phenoxy) is 1. The summed E-state index contributed by atoms with van der Waals surface area (Å²) in [6.45, 7) is 3.34. The maximum atomic E-state index is 12.4. The summed E-state index contributed by atoms with van der Waals surface area (Å²) >= 11 is 1.01. The first-order valence-corrected chi connectivity index (χ1v) is 13.7. The summed E-state index contributed by atoms with van der Waals surface area (Å²) in [6.07, 6.45) is -0.614. The molecule has 2 aromatic carbocycles. The predicted molar refractivity (Wildman–Crippen MR) is 156 cm³/mol. The van der Waals surface area contributed by atoms with Crippen LogP contribution in [0.2, 0.25) is 0 Å². The van der Waals surface area contributed by atoms with Crippen molar-refractivity contribution in [2.45, 2.75) is 38.5 Å². The van der Waals surface area contributed by atoms with Crippen molar-refractivity contribution >= 4 is 51.9 Å². The Morgan fingerprint density at radius 1 is 0.976 bits per heavy atom. The normalized spacial score (nSPS) is 11.5. The SMILES string of the molecule is CC(C)(CNc1ccccc1)OC(=O)C[C@H](NC(=O)CNC(=O)c1csc(NC(=O)NCc2ccccc2)n1)C(=O)O. The molecule has 42 heavy (non-hydrogen) atoms. The smallest absolute Gasteiger partial charge is 0.326 e. The second-order valence-electron chi connectivity index (χ2n) is 9.63. The van der Waals surface area contributed by atoms with Crippen molar-refractivity contribution < 1.29 is 33.8 Å². The van der Waals surface area contributed by atoms with Gasteiger partial charge in [-0.1, -0.05) is 48.5 Å². The Bertz CT molecular complexity index is 1380. The molecule has 0 aliphatic rings. The molecule has 0 unspecified atom stereocenters. The minimum Gasteiger partial charge on any atom is -0.480 e. The van der Waals surface area contributed by atoms with Gasteiger partial charge in [-0.25, -0.2) is 14.6 Å². The van der Waals surface area contributed by atoms with Gasteiger partial charge in [0.05, 0.1) is 19.5 Å². The number of aliphatic carboxylic acids is 1. The van der Waals surface area contributed by atoms with E-state index < -0.39 is 54.4 Å². The monoisotopic (exact) mass is 596 g/mol. The molecule has 0 saturated carbocycles. The first kappa shape index (κ1) is 31.5. The van der Waals surface area contributed by atoms with E-state index in [0.717, 1.165) is 22.6 Å². The first-order valence-electron chi connectivity index (χ1n) is 12.9. The minimum atomic E-state index is -1.57. The van der Waals surface area contributed by atoms with Crippen LogP contribution in [0.25, 0.3) is 0 Å². The van der Waals surface area contributed by atoms with Crippen LogP contribution in [0, 0.1) is 0 Å². The summed E-state index contributed by atoms with van der Waals surface area (Å²) < 4.78 is 5.42. The number of hydrogen-bond donors (Lipinski definition) is 6. The Kier molecular flexibility index (Phi) is 11.4. The van der Waals surface area contributed by atoms with Crippen LogP contribution < -0.4 is 26.6 Å². The number of carbonyl (C=O) groups excluding carboxylic acids is 4. The number of esters is 1. The van der Waals surface area contributed by atoms with E-state index in [1.54, 1.807) is 13.8 Å². The molecular formula is C28H32N6O7S. The second-order valence-corrected chi connectivity index (χ2v) is 10.5. The van der Waals surface area contributed by atoms with Gasteiger partial charge < -0.3 is 31.1 Å². The molecule has 3 aromatic rings. The Labute approximate surface area is 246 Å². The van der Waals surface area contributed by atoms with Crippen LogP contribution in [0.15, 0.2) is 66.0 Å². The molecule has 14 heteroatoms.